The zero-order chi connectivity index (χ0) is 13.3. The Kier molecular flexibility index (Phi) is 3.61. The summed E-state index contributed by atoms with van der Waals surface area (Å²) in [7, 11) is 0. The van der Waals surface area contributed by atoms with Crippen molar-refractivity contribution in [3.63, 3.8) is 0 Å². The Morgan fingerprint density at radius 1 is 1.39 bits per heavy atom. The van der Waals surface area contributed by atoms with Crippen molar-refractivity contribution in [3.05, 3.63) is 0 Å². The summed E-state index contributed by atoms with van der Waals surface area (Å²) in [4.78, 5) is 23.3. The van der Waals surface area contributed by atoms with Crippen LogP contribution in [-0.2, 0) is 9.59 Å². The topological polar surface area (TPSA) is 92.4 Å². The van der Waals surface area contributed by atoms with Gasteiger partial charge in [0, 0.05) is 0 Å². The smallest absolute Gasteiger partial charge is 0.326 e. The zero-order valence-corrected chi connectivity index (χ0v) is 10.8. The summed E-state index contributed by atoms with van der Waals surface area (Å²) in [6, 6.07) is -0.754. The average Bonchev–Trinajstić information content (AvgIpc) is 3.08. The molecule has 0 radical (unpaired) electrons. The van der Waals surface area contributed by atoms with Gasteiger partial charge in [0.25, 0.3) is 0 Å². The summed E-state index contributed by atoms with van der Waals surface area (Å²) in [5.41, 5.74) is 5.28. The average molecular weight is 254 g/mol. The molecule has 2 rings (SSSR count). The van der Waals surface area contributed by atoms with Crippen LogP contribution in [0, 0.1) is 11.8 Å². The van der Waals surface area contributed by atoms with E-state index in [1.807, 2.05) is 0 Å². The maximum absolute atomic E-state index is 12.2. The van der Waals surface area contributed by atoms with Gasteiger partial charge in [0.2, 0.25) is 5.91 Å². The van der Waals surface area contributed by atoms with Crippen LogP contribution >= 0.6 is 0 Å². The Morgan fingerprint density at radius 3 is 2.56 bits per heavy atom. The molecule has 0 aromatic rings. The first-order valence-corrected chi connectivity index (χ1v) is 6.75. The van der Waals surface area contributed by atoms with Gasteiger partial charge >= 0.3 is 5.97 Å². The number of nitrogens with one attached hydrogen (secondary N) is 1. The highest BCUT2D eigenvalue weighted by molar-refractivity contribution is 5.90. The third-order valence-corrected chi connectivity index (χ3v) is 4.13. The molecule has 18 heavy (non-hydrogen) atoms. The Bertz CT molecular complexity index is 354. The molecule has 0 saturated heterocycles. The molecule has 1 amide bonds. The van der Waals surface area contributed by atoms with Gasteiger partial charge in [-0.3, -0.25) is 4.79 Å². The van der Waals surface area contributed by atoms with Crippen LogP contribution in [0.1, 0.15) is 45.4 Å². The maximum Gasteiger partial charge on any atom is 0.326 e. The minimum absolute atomic E-state index is 0.0936. The number of carboxylic acids is 1. The SMILES string of the molecule is CC1CCCC(N)(C(=O)NC(C(=O)O)C2CC2)C1. The van der Waals surface area contributed by atoms with E-state index in [1.165, 1.54) is 0 Å². The van der Waals surface area contributed by atoms with Crippen LogP contribution in [0.3, 0.4) is 0 Å². The van der Waals surface area contributed by atoms with Gasteiger partial charge < -0.3 is 16.2 Å². The van der Waals surface area contributed by atoms with E-state index in [9.17, 15) is 9.59 Å². The van der Waals surface area contributed by atoms with Crippen LogP contribution in [0.25, 0.3) is 0 Å². The molecule has 5 heteroatoms. The quantitative estimate of drug-likeness (QED) is 0.694. The minimum Gasteiger partial charge on any atom is -0.480 e. The van der Waals surface area contributed by atoms with Crippen molar-refractivity contribution in [1.82, 2.24) is 5.32 Å². The Hall–Kier alpha value is -1.10. The fraction of sp³-hybridized carbons (Fsp3) is 0.846. The monoisotopic (exact) mass is 254 g/mol. The molecular weight excluding hydrogens is 232 g/mol. The van der Waals surface area contributed by atoms with Gasteiger partial charge in [-0.1, -0.05) is 19.8 Å². The largest absolute Gasteiger partial charge is 0.480 e. The predicted octanol–water partition coefficient (Wildman–Crippen LogP) is 0.873. The van der Waals surface area contributed by atoms with E-state index in [0.717, 1.165) is 25.7 Å². The van der Waals surface area contributed by atoms with E-state index < -0.39 is 17.6 Å². The molecule has 0 heterocycles. The lowest BCUT2D eigenvalue weighted by Crippen LogP contribution is -2.59. The zero-order valence-electron chi connectivity index (χ0n) is 10.8. The van der Waals surface area contributed by atoms with Crippen molar-refractivity contribution >= 4 is 11.9 Å². The molecule has 5 nitrogen and oxygen atoms in total. The van der Waals surface area contributed by atoms with Crippen molar-refractivity contribution in [2.75, 3.05) is 0 Å². The predicted molar refractivity (Wildman–Crippen MR) is 66.8 cm³/mol. The van der Waals surface area contributed by atoms with Crippen molar-refractivity contribution in [3.8, 4) is 0 Å². The van der Waals surface area contributed by atoms with Gasteiger partial charge in [-0.05, 0) is 37.5 Å². The summed E-state index contributed by atoms with van der Waals surface area (Å²) in [6.07, 6.45) is 5.09. The number of amides is 1. The molecule has 0 aliphatic heterocycles. The van der Waals surface area contributed by atoms with E-state index in [-0.39, 0.29) is 11.8 Å². The summed E-state index contributed by atoms with van der Waals surface area (Å²) < 4.78 is 0. The number of nitrogens with two attached hydrogens (primary N) is 1. The molecule has 3 atom stereocenters. The second kappa shape index (κ2) is 4.88. The summed E-state index contributed by atoms with van der Waals surface area (Å²) in [5.74, 6) is -0.707. The van der Waals surface area contributed by atoms with Gasteiger partial charge in [-0.2, -0.15) is 0 Å². The fourth-order valence-corrected chi connectivity index (χ4v) is 2.89. The first kappa shape index (κ1) is 13.3. The number of hydrogen-bond acceptors (Lipinski definition) is 3. The van der Waals surface area contributed by atoms with Gasteiger partial charge in [0.15, 0.2) is 0 Å². The van der Waals surface area contributed by atoms with Crippen LogP contribution < -0.4 is 11.1 Å². The normalized spacial score (nSPS) is 33.8. The highest BCUT2D eigenvalue weighted by atomic mass is 16.4. The molecule has 2 saturated carbocycles. The van der Waals surface area contributed by atoms with Crippen LogP contribution in [0.4, 0.5) is 0 Å². The third-order valence-electron chi connectivity index (χ3n) is 4.13. The second-order valence-electron chi connectivity index (χ2n) is 5.98. The lowest BCUT2D eigenvalue weighted by Gasteiger charge is -2.36. The summed E-state index contributed by atoms with van der Waals surface area (Å²) in [6.45, 7) is 2.09. The van der Waals surface area contributed by atoms with E-state index in [0.29, 0.717) is 18.8 Å². The molecular formula is C13H22N2O3. The first-order valence-electron chi connectivity index (χ1n) is 6.75. The minimum atomic E-state index is -0.946. The highest BCUT2D eigenvalue weighted by Gasteiger charge is 2.43. The number of aliphatic carboxylic acids is 1. The standard InChI is InChI=1S/C13H22N2O3/c1-8-3-2-6-13(14,7-8)12(18)15-10(11(16)17)9-4-5-9/h8-10H,2-7,14H2,1H3,(H,15,18)(H,16,17). The van der Waals surface area contributed by atoms with Gasteiger partial charge in [0.1, 0.15) is 6.04 Å². The number of carboxylic acid groups (broad SMARTS) is 1. The third kappa shape index (κ3) is 2.83. The number of hydrogen-bond donors (Lipinski definition) is 3. The molecule has 3 unspecified atom stereocenters. The van der Waals surface area contributed by atoms with E-state index in [2.05, 4.69) is 12.2 Å². The van der Waals surface area contributed by atoms with Crippen molar-refractivity contribution in [1.29, 1.82) is 0 Å². The fourth-order valence-electron chi connectivity index (χ4n) is 2.89. The van der Waals surface area contributed by atoms with Gasteiger partial charge in [-0.25, -0.2) is 4.79 Å². The molecule has 0 aromatic carbocycles. The second-order valence-corrected chi connectivity index (χ2v) is 5.98. The Morgan fingerprint density at radius 2 is 2.06 bits per heavy atom. The first-order chi connectivity index (χ1) is 8.42. The van der Waals surface area contributed by atoms with Gasteiger partial charge in [-0.15, -0.1) is 0 Å². The lowest BCUT2D eigenvalue weighted by molar-refractivity contribution is -0.143. The number of rotatable bonds is 4. The van der Waals surface area contributed by atoms with E-state index >= 15 is 0 Å². The maximum atomic E-state index is 12.2. The molecule has 0 aromatic heterocycles. The van der Waals surface area contributed by atoms with Crippen LogP contribution in [0.15, 0.2) is 0 Å². The Balaban J connectivity index is 1.99. The van der Waals surface area contributed by atoms with Crippen molar-refractivity contribution < 1.29 is 14.7 Å². The summed E-state index contributed by atoms with van der Waals surface area (Å²) in [5, 5.41) is 11.8. The van der Waals surface area contributed by atoms with E-state index in [4.69, 9.17) is 10.8 Å². The molecule has 4 N–H and O–H groups in total. The molecule has 2 fully saturated rings. The van der Waals surface area contributed by atoms with Crippen LogP contribution in [0.5, 0.6) is 0 Å². The lowest BCUT2D eigenvalue weighted by atomic mass is 9.76. The van der Waals surface area contributed by atoms with E-state index in [1.54, 1.807) is 0 Å². The molecule has 0 bridgehead atoms. The van der Waals surface area contributed by atoms with Gasteiger partial charge in [0.05, 0.1) is 5.54 Å². The van der Waals surface area contributed by atoms with Crippen LogP contribution in [0.2, 0.25) is 0 Å². The number of carbonyl (C=O) groups is 2. The molecule has 2 aliphatic carbocycles. The van der Waals surface area contributed by atoms with Crippen LogP contribution in [-0.4, -0.2) is 28.6 Å². The van der Waals surface area contributed by atoms with Crippen molar-refractivity contribution in [2.45, 2.75) is 57.0 Å². The molecule has 2 aliphatic rings. The van der Waals surface area contributed by atoms with Crippen molar-refractivity contribution in [2.24, 2.45) is 17.6 Å². The number of carbonyl (C=O) groups excluding carboxylic acids is 1. The summed E-state index contributed by atoms with van der Waals surface area (Å²) >= 11 is 0. The highest BCUT2D eigenvalue weighted by Crippen LogP contribution is 2.34. The molecule has 102 valence electrons. The molecule has 0 spiro atoms. The Labute approximate surface area is 107 Å².